The summed E-state index contributed by atoms with van der Waals surface area (Å²) in [5.41, 5.74) is 0.880. The Morgan fingerprint density at radius 1 is 1.17 bits per heavy atom. The van der Waals surface area contributed by atoms with Crippen LogP contribution in [-0.4, -0.2) is 48.9 Å². The Kier molecular flexibility index (Phi) is 6.73. The van der Waals surface area contributed by atoms with Crippen LogP contribution >= 0.6 is 0 Å². The lowest BCUT2D eigenvalue weighted by atomic mass is 10.1. The molecule has 3 heteroatoms. The smallest absolute Gasteiger partial charge is 0.253 e. The normalized spacial score (nSPS) is 19.9. The van der Waals surface area contributed by atoms with Gasteiger partial charge in [-0.15, -0.1) is 0 Å². The molecule has 1 aliphatic carbocycles. The first kappa shape index (κ1) is 15.0. The van der Waals surface area contributed by atoms with E-state index < -0.39 is 0 Å². The molecule has 0 radical (unpaired) electrons. The molecule has 0 saturated carbocycles. The number of hydrogen-bond acceptors (Lipinski definition) is 2. The number of carbonyl (C=O) groups is 1. The number of likely N-dealkylation sites (N-methyl/N-ethyl adjacent to an activating group) is 1. The van der Waals surface area contributed by atoms with Crippen LogP contribution in [0.1, 0.15) is 33.1 Å². The van der Waals surface area contributed by atoms with Crippen molar-refractivity contribution in [2.75, 3.05) is 33.2 Å². The van der Waals surface area contributed by atoms with Crippen LogP contribution in [0.5, 0.6) is 0 Å². The average Bonchev–Trinajstić information content (AvgIpc) is 2.41. The second-order valence-corrected chi connectivity index (χ2v) is 4.94. The highest BCUT2D eigenvalue weighted by molar-refractivity contribution is 5.96. The summed E-state index contributed by atoms with van der Waals surface area (Å²) in [5.74, 6) is 0.207. The molecule has 18 heavy (non-hydrogen) atoms. The maximum Gasteiger partial charge on any atom is 0.253 e. The summed E-state index contributed by atoms with van der Waals surface area (Å²) in [6, 6.07) is 0. The van der Waals surface area contributed by atoms with Gasteiger partial charge in [0.15, 0.2) is 0 Å². The highest BCUT2D eigenvalue weighted by Gasteiger charge is 2.20. The molecule has 0 aromatic heterocycles. The van der Waals surface area contributed by atoms with Crippen LogP contribution in [0.4, 0.5) is 0 Å². The lowest BCUT2D eigenvalue weighted by molar-refractivity contribution is -0.128. The van der Waals surface area contributed by atoms with Crippen molar-refractivity contribution in [3.05, 3.63) is 23.8 Å². The van der Waals surface area contributed by atoms with Crippen LogP contribution in [0.2, 0.25) is 0 Å². The van der Waals surface area contributed by atoms with Crippen LogP contribution in [0.3, 0.4) is 0 Å². The van der Waals surface area contributed by atoms with Crippen LogP contribution in [0, 0.1) is 0 Å². The minimum Gasteiger partial charge on any atom is -0.336 e. The van der Waals surface area contributed by atoms with E-state index in [1.165, 1.54) is 6.42 Å². The van der Waals surface area contributed by atoms with E-state index in [2.05, 4.69) is 37.9 Å². The number of hydrogen-bond donors (Lipinski definition) is 0. The maximum atomic E-state index is 12.0. The van der Waals surface area contributed by atoms with Crippen molar-refractivity contribution in [1.82, 2.24) is 9.80 Å². The third-order valence-corrected chi connectivity index (χ3v) is 3.03. The molecule has 1 fully saturated rings. The molecule has 0 atom stereocenters. The maximum absolute atomic E-state index is 12.0. The number of allylic oxidation sites excluding steroid dienone is 2. The quantitative estimate of drug-likeness (QED) is 0.713. The fraction of sp³-hybridized carbons (Fsp3) is 0.667. The summed E-state index contributed by atoms with van der Waals surface area (Å²) in [5, 5.41) is 0. The van der Waals surface area contributed by atoms with Gasteiger partial charge in [-0.25, -0.2) is 0 Å². The van der Waals surface area contributed by atoms with Gasteiger partial charge in [0.25, 0.3) is 5.91 Å². The number of amides is 1. The summed E-state index contributed by atoms with van der Waals surface area (Å²) in [6.07, 6.45) is 9.43. The summed E-state index contributed by atoms with van der Waals surface area (Å²) < 4.78 is 0. The summed E-state index contributed by atoms with van der Waals surface area (Å²) in [6.45, 7) is 7.95. The van der Waals surface area contributed by atoms with Gasteiger partial charge >= 0.3 is 0 Å². The predicted molar refractivity (Wildman–Crippen MR) is 76.5 cm³/mol. The molecule has 0 N–H and O–H groups in total. The van der Waals surface area contributed by atoms with Crippen molar-refractivity contribution in [2.24, 2.45) is 0 Å². The molecule has 2 aliphatic rings. The third kappa shape index (κ3) is 4.65. The van der Waals surface area contributed by atoms with Crippen molar-refractivity contribution >= 4 is 5.91 Å². The van der Waals surface area contributed by atoms with Gasteiger partial charge in [-0.1, -0.05) is 38.5 Å². The van der Waals surface area contributed by atoms with E-state index in [1.807, 2.05) is 11.0 Å². The Morgan fingerprint density at radius 3 is 2.28 bits per heavy atom. The minimum atomic E-state index is 0.207. The number of piperazine rings is 1. The Balaban J connectivity index is 0.000000492. The summed E-state index contributed by atoms with van der Waals surface area (Å²) in [4.78, 5) is 16.3. The molecule has 0 spiro atoms. The second kappa shape index (κ2) is 8.09. The van der Waals surface area contributed by atoms with E-state index in [1.54, 1.807) is 0 Å². The lowest BCUT2D eigenvalue weighted by Gasteiger charge is -2.32. The lowest BCUT2D eigenvalue weighted by Crippen LogP contribution is -2.47. The van der Waals surface area contributed by atoms with Crippen LogP contribution in [0.15, 0.2) is 23.8 Å². The number of nitrogens with zero attached hydrogens (tertiary/aromatic N) is 2. The number of rotatable bonds is 1. The molecule has 0 bridgehead atoms. The molecule has 1 aliphatic heterocycles. The first-order valence-electron chi connectivity index (χ1n) is 7.03. The summed E-state index contributed by atoms with van der Waals surface area (Å²) in [7, 11) is 2.10. The van der Waals surface area contributed by atoms with E-state index in [9.17, 15) is 4.79 Å². The fourth-order valence-corrected chi connectivity index (χ4v) is 1.96. The van der Waals surface area contributed by atoms with Gasteiger partial charge in [-0.3, -0.25) is 4.79 Å². The van der Waals surface area contributed by atoms with Gasteiger partial charge in [-0.2, -0.15) is 0 Å². The van der Waals surface area contributed by atoms with Gasteiger partial charge in [0.1, 0.15) is 0 Å². The Hall–Kier alpha value is -1.09. The molecule has 1 saturated heterocycles. The first-order chi connectivity index (χ1) is 8.69. The highest BCUT2D eigenvalue weighted by atomic mass is 16.2. The predicted octanol–water partition coefficient (Wildman–Crippen LogP) is 2.45. The molecular formula is C15H26N2O. The average molecular weight is 250 g/mol. The van der Waals surface area contributed by atoms with Crippen LogP contribution in [-0.2, 0) is 4.79 Å². The van der Waals surface area contributed by atoms with Crippen molar-refractivity contribution in [3.63, 3.8) is 0 Å². The van der Waals surface area contributed by atoms with Crippen molar-refractivity contribution in [1.29, 1.82) is 0 Å². The zero-order valence-electron chi connectivity index (χ0n) is 12.0. The molecule has 0 unspecified atom stereocenters. The van der Waals surface area contributed by atoms with Gasteiger partial charge in [0.2, 0.25) is 0 Å². The fourth-order valence-electron chi connectivity index (χ4n) is 1.96. The zero-order chi connectivity index (χ0) is 13.4. The van der Waals surface area contributed by atoms with Gasteiger partial charge in [0, 0.05) is 31.8 Å². The SMILES string of the molecule is CCC.CN1CCN(C(=O)C2=CCCC=C2)CC1. The third-order valence-electron chi connectivity index (χ3n) is 3.03. The van der Waals surface area contributed by atoms with Crippen molar-refractivity contribution in [2.45, 2.75) is 33.1 Å². The van der Waals surface area contributed by atoms with Crippen LogP contribution < -0.4 is 0 Å². The Bertz CT molecular complexity index is 312. The Labute approximate surface area is 111 Å². The van der Waals surface area contributed by atoms with E-state index in [4.69, 9.17) is 0 Å². The molecule has 2 rings (SSSR count). The standard InChI is InChI=1S/C12H18N2O.C3H8/c1-13-7-9-14(10-8-13)12(15)11-5-3-2-4-6-11;1-3-2/h3,5-6H,2,4,7-10H2,1H3;3H2,1-2H3. The van der Waals surface area contributed by atoms with Gasteiger partial charge < -0.3 is 9.80 Å². The van der Waals surface area contributed by atoms with E-state index >= 15 is 0 Å². The van der Waals surface area contributed by atoms with Crippen molar-refractivity contribution in [3.8, 4) is 0 Å². The van der Waals surface area contributed by atoms with Crippen molar-refractivity contribution < 1.29 is 4.79 Å². The number of carbonyl (C=O) groups excluding carboxylic acids is 1. The molecule has 1 heterocycles. The minimum absolute atomic E-state index is 0.207. The van der Waals surface area contributed by atoms with E-state index in [-0.39, 0.29) is 5.91 Å². The molecule has 0 aromatic rings. The first-order valence-corrected chi connectivity index (χ1v) is 7.03. The molecule has 1 amide bonds. The van der Waals surface area contributed by atoms with Gasteiger partial charge in [0.05, 0.1) is 0 Å². The highest BCUT2D eigenvalue weighted by Crippen LogP contribution is 2.13. The zero-order valence-corrected chi connectivity index (χ0v) is 12.0. The van der Waals surface area contributed by atoms with Gasteiger partial charge in [-0.05, 0) is 19.9 Å². The van der Waals surface area contributed by atoms with E-state index in [0.29, 0.717) is 0 Å². The second-order valence-electron chi connectivity index (χ2n) is 4.94. The monoisotopic (exact) mass is 250 g/mol. The molecule has 0 aromatic carbocycles. The topological polar surface area (TPSA) is 23.6 Å². The molecule has 102 valence electrons. The largest absolute Gasteiger partial charge is 0.336 e. The van der Waals surface area contributed by atoms with E-state index in [0.717, 1.165) is 44.6 Å². The Morgan fingerprint density at radius 2 is 1.78 bits per heavy atom. The van der Waals surface area contributed by atoms with Crippen LogP contribution in [0.25, 0.3) is 0 Å². The molecule has 3 nitrogen and oxygen atoms in total. The molecular weight excluding hydrogens is 224 g/mol. The summed E-state index contributed by atoms with van der Waals surface area (Å²) >= 11 is 0.